The fourth-order valence-electron chi connectivity index (χ4n) is 2.67. The molecule has 112 valence electrons. The number of hydrogen-bond donors (Lipinski definition) is 1. The maximum atomic E-state index is 11.7. The summed E-state index contributed by atoms with van der Waals surface area (Å²) in [5.74, 6) is 0.450. The minimum Gasteiger partial charge on any atom is -0.356 e. The molecule has 4 nitrogen and oxygen atoms in total. The Hall–Kier alpha value is -1.97. The third-order valence-electron chi connectivity index (χ3n) is 3.55. The van der Waals surface area contributed by atoms with Crippen molar-refractivity contribution in [2.75, 3.05) is 6.54 Å². The molecule has 1 N–H and O–H groups in total. The van der Waals surface area contributed by atoms with Crippen LogP contribution in [0.15, 0.2) is 40.4 Å². The molecule has 4 heteroatoms. The lowest BCUT2D eigenvalue weighted by Crippen LogP contribution is -2.24. The number of carbonyl (C=O) groups excluding carboxylic acids is 2. The molecule has 1 aliphatic carbocycles. The molecule has 0 bridgehead atoms. The summed E-state index contributed by atoms with van der Waals surface area (Å²) in [7, 11) is 0. The molecule has 0 spiro atoms. The molecule has 2 aliphatic rings. The van der Waals surface area contributed by atoms with Crippen LogP contribution in [0.4, 0.5) is 0 Å². The highest BCUT2D eigenvalue weighted by molar-refractivity contribution is 6.12. The molecule has 1 heterocycles. The molecule has 2 rings (SSSR count). The summed E-state index contributed by atoms with van der Waals surface area (Å²) in [5.41, 5.74) is 3.15. The van der Waals surface area contributed by atoms with Crippen LogP contribution >= 0.6 is 0 Å². The van der Waals surface area contributed by atoms with Crippen molar-refractivity contribution >= 4 is 17.5 Å². The van der Waals surface area contributed by atoms with Crippen molar-refractivity contribution in [2.45, 2.75) is 33.6 Å². The van der Waals surface area contributed by atoms with Gasteiger partial charge in [0, 0.05) is 25.5 Å². The van der Waals surface area contributed by atoms with Gasteiger partial charge in [-0.3, -0.25) is 9.59 Å². The first kappa shape index (κ1) is 15.4. The van der Waals surface area contributed by atoms with Gasteiger partial charge in [0.25, 0.3) is 5.91 Å². The number of hydrogen-bond acceptors (Lipinski definition) is 2. The molecular formula is C17H22N2O2. The minimum absolute atomic E-state index is 0.0127. The van der Waals surface area contributed by atoms with E-state index in [0.29, 0.717) is 12.5 Å². The summed E-state index contributed by atoms with van der Waals surface area (Å²) in [6.07, 6.45) is 9.46. The zero-order valence-corrected chi connectivity index (χ0v) is 12.8. The van der Waals surface area contributed by atoms with Crippen LogP contribution < -0.4 is 5.32 Å². The van der Waals surface area contributed by atoms with Gasteiger partial charge in [0.05, 0.1) is 5.71 Å². The first-order valence-corrected chi connectivity index (χ1v) is 7.42. The number of fused-ring (bicyclic) bond motifs is 1. The van der Waals surface area contributed by atoms with Crippen molar-refractivity contribution in [3.63, 3.8) is 0 Å². The lowest BCUT2D eigenvalue weighted by atomic mass is 9.81. The predicted molar refractivity (Wildman–Crippen MR) is 84.0 cm³/mol. The van der Waals surface area contributed by atoms with Crippen LogP contribution in [-0.2, 0) is 9.59 Å². The molecule has 0 fully saturated rings. The molecule has 1 unspecified atom stereocenters. The summed E-state index contributed by atoms with van der Waals surface area (Å²) >= 11 is 0. The van der Waals surface area contributed by atoms with Crippen LogP contribution in [0.3, 0.4) is 0 Å². The Morgan fingerprint density at radius 3 is 2.81 bits per heavy atom. The Morgan fingerprint density at radius 1 is 1.38 bits per heavy atom. The first-order valence-electron chi connectivity index (χ1n) is 7.42. The fourth-order valence-corrected chi connectivity index (χ4v) is 2.67. The summed E-state index contributed by atoms with van der Waals surface area (Å²) in [5, 5.41) is 2.80. The van der Waals surface area contributed by atoms with E-state index in [1.165, 1.54) is 12.5 Å². The van der Waals surface area contributed by atoms with Gasteiger partial charge in [-0.05, 0) is 30.4 Å². The van der Waals surface area contributed by atoms with Gasteiger partial charge in [0.2, 0.25) is 5.91 Å². The zero-order chi connectivity index (χ0) is 15.4. The second-order valence-corrected chi connectivity index (χ2v) is 5.98. The Bertz CT molecular complexity index is 565. The van der Waals surface area contributed by atoms with Crippen LogP contribution in [0.25, 0.3) is 0 Å². The summed E-state index contributed by atoms with van der Waals surface area (Å²) < 4.78 is 0. The van der Waals surface area contributed by atoms with Gasteiger partial charge in [-0.2, -0.15) is 0 Å². The van der Waals surface area contributed by atoms with E-state index < -0.39 is 0 Å². The number of rotatable bonds is 5. The Kier molecular flexibility index (Phi) is 4.89. The van der Waals surface area contributed by atoms with E-state index in [2.05, 4.69) is 30.2 Å². The van der Waals surface area contributed by atoms with E-state index in [0.717, 1.165) is 24.1 Å². The van der Waals surface area contributed by atoms with E-state index >= 15 is 0 Å². The number of allylic oxidation sites excluding steroid dienone is 4. The molecular weight excluding hydrogens is 264 g/mol. The Labute approximate surface area is 125 Å². The van der Waals surface area contributed by atoms with Crippen molar-refractivity contribution in [3.8, 4) is 0 Å². The van der Waals surface area contributed by atoms with Crippen LogP contribution in [0.1, 0.15) is 33.6 Å². The van der Waals surface area contributed by atoms with E-state index in [1.54, 1.807) is 6.08 Å². The third-order valence-corrected chi connectivity index (χ3v) is 3.55. The van der Waals surface area contributed by atoms with E-state index in [9.17, 15) is 9.59 Å². The molecule has 0 aromatic rings. The molecule has 0 aromatic heterocycles. The fraction of sp³-hybridized carbons (Fsp3) is 0.471. The molecule has 0 saturated carbocycles. The highest BCUT2D eigenvalue weighted by Crippen LogP contribution is 2.30. The molecule has 2 amide bonds. The highest BCUT2D eigenvalue weighted by atomic mass is 16.1. The lowest BCUT2D eigenvalue weighted by molar-refractivity contribution is -0.119. The van der Waals surface area contributed by atoms with Crippen molar-refractivity contribution in [1.82, 2.24) is 5.32 Å². The van der Waals surface area contributed by atoms with Crippen molar-refractivity contribution in [2.24, 2.45) is 16.8 Å². The Morgan fingerprint density at radius 2 is 2.14 bits per heavy atom. The maximum absolute atomic E-state index is 11.7. The molecule has 0 radical (unpaired) electrons. The average Bonchev–Trinajstić information content (AvgIpc) is 2.38. The Balaban J connectivity index is 2.11. The van der Waals surface area contributed by atoms with Crippen molar-refractivity contribution in [3.05, 3.63) is 35.5 Å². The van der Waals surface area contributed by atoms with Gasteiger partial charge in [-0.25, -0.2) is 4.99 Å². The van der Waals surface area contributed by atoms with Gasteiger partial charge < -0.3 is 5.32 Å². The number of nitrogens with zero attached hydrogens (tertiary/aromatic N) is 1. The number of dihydropyridines is 1. The quantitative estimate of drug-likeness (QED) is 0.844. The van der Waals surface area contributed by atoms with Crippen LogP contribution in [-0.4, -0.2) is 24.1 Å². The molecule has 0 aromatic carbocycles. The van der Waals surface area contributed by atoms with Gasteiger partial charge in [-0.1, -0.05) is 31.6 Å². The smallest absolute Gasteiger partial charge is 0.269 e. The maximum Gasteiger partial charge on any atom is 0.269 e. The molecule has 0 saturated heterocycles. The van der Waals surface area contributed by atoms with Gasteiger partial charge in [-0.15, -0.1) is 0 Å². The zero-order valence-electron chi connectivity index (χ0n) is 12.8. The normalized spacial score (nSPS) is 20.7. The predicted octanol–water partition coefficient (Wildman–Crippen LogP) is 2.58. The topological polar surface area (TPSA) is 58.5 Å². The second-order valence-electron chi connectivity index (χ2n) is 5.98. The van der Waals surface area contributed by atoms with Crippen molar-refractivity contribution in [1.29, 1.82) is 0 Å². The molecule has 1 atom stereocenters. The minimum atomic E-state index is -0.156. The molecule has 21 heavy (non-hydrogen) atoms. The van der Waals surface area contributed by atoms with Gasteiger partial charge >= 0.3 is 0 Å². The first-order chi connectivity index (χ1) is 9.95. The summed E-state index contributed by atoms with van der Waals surface area (Å²) in [4.78, 5) is 26.7. The second kappa shape index (κ2) is 6.66. The average molecular weight is 286 g/mol. The van der Waals surface area contributed by atoms with Crippen molar-refractivity contribution < 1.29 is 9.59 Å². The van der Waals surface area contributed by atoms with Crippen LogP contribution in [0, 0.1) is 11.8 Å². The lowest BCUT2D eigenvalue weighted by Gasteiger charge is -2.25. The number of amides is 2. The van der Waals surface area contributed by atoms with Gasteiger partial charge in [0.15, 0.2) is 0 Å². The number of aliphatic imine (C=N–C) groups is 1. The van der Waals surface area contributed by atoms with Crippen LogP contribution in [0.2, 0.25) is 0 Å². The number of carbonyl (C=O) groups is 2. The number of nitrogens with one attached hydrogen (secondary N) is 1. The summed E-state index contributed by atoms with van der Waals surface area (Å²) in [6.45, 7) is 6.45. The van der Waals surface area contributed by atoms with E-state index in [-0.39, 0.29) is 17.7 Å². The monoisotopic (exact) mass is 286 g/mol. The standard InChI is InChI=1S/C17H22N2O2/c1-11(2)8-14-10-17(21)19-16-5-4-13(9-15(14)16)6-7-18-12(3)20/h4-5,9-11,15H,6-8H2,1-3H3,(H,18,20). The molecule has 1 aliphatic heterocycles. The highest BCUT2D eigenvalue weighted by Gasteiger charge is 2.25. The van der Waals surface area contributed by atoms with E-state index in [4.69, 9.17) is 0 Å². The largest absolute Gasteiger partial charge is 0.356 e. The summed E-state index contributed by atoms with van der Waals surface area (Å²) in [6, 6.07) is 0. The SMILES string of the molecule is CC(=O)NCCC1=CC2C(CC(C)C)=CC(=O)N=C2C=C1. The third kappa shape index (κ3) is 4.25. The van der Waals surface area contributed by atoms with E-state index in [1.807, 2.05) is 12.2 Å². The van der Waals surface area contributed by atoms with Crippen LogP contribution in [0.5, 0.6) is 0 Å². The van der Waals surface area contributed by atoms with Gasteiger partial charge in [0.1, 0.15) is 0 Å².